The fraction of sp³-hybridized carbons (Fsp3) is 1.00. The maximum Gasteiger partial charge on any atom is 0.187 e. The van der Waals surface area contributed by atoms with E-state index in [1.165, 1.54) is 6.92 Å². The Bertz CT molecular complexity index is 581. The molecular weight excluding hydrogens is 428 g/mol. The molecular formula is C17H30O14. The summed E-state index contributed by atoms with van der Waals surface area (Å²) >= 11 is 0. The van der Waals surface area contributed by atoms with Gasteiger partial charge in [0.2, 0.25) is 0 Å². The van der Waals surface area contributed by atoms with Crippen LogP contribution in [0.3, 0.4) is 0 Å². The molecule has 0 bridgehead atoms. The van der Waals surface area contributed by atoms with Crippen LogP contribution in [0.5, 0.6) is 0 Å². The first kappa shape index (κ1) is 25.1. The van der Waals surface area contributed by atoms with Crippen molar-refractivity contribution in [1.29, 1.82) is 0 Å². The summed E-state index contributed by atoms with van der Waals surface area (Å²) in [4.78, 5) is 0. The molecule has 182 valence electrons. The first-order valence-corrected chi connectivity index (χ1v) is 9.85. The van der Waals surface area contributed by atoms with Crippen LogP contribution in [-0.2, 0) is 23.7 Å². The highest BCUT2D eigenvalue weighted by Crippen LogP contribution is 2.29. The van der Waals surface area contributed by atoms with Gasteiger partial charge in [-0.25, -0.2) is 0 Å². The molecule has 3 rings (SSSR count). The van der Waals surface area contributed by atoms with E-state index in [1.807, 2.05) is 0 Å². The van der Waals surface area contributed by atoms with Crippen molar-refractivity contribution in [2.45, 2.75) is 92.9 Å². The predicted molar refractivity (Wildman–Crippen MR) is 93.8 cm³/mol. The van der Waals surface area contributed by atoms with Crippen molar-refractivity contribution in [3.8, 4) is 0 Å². The Morgan fingerprint density at radius 1 is 0.710 bits per heavy atom. The Labute approximate surface area is 176 Å². The zero-order valence-corrected chi connectivity index (χ0v) is 16.6. The second-order valence-corrected chi connectivity index (χ2v) is 7.91. The molecule has 0 spiro atoms. The molecule has 0 amide bonds. The number of rotatable bonds is 5. The minimum Gasteiger partial charge on any atom is -0.388 e. The van der Waals surface area contributed by atoms with Crippen LogP contribution in [0.15, 0.2) is 0 Å². The summed E-state index contributed by atoms with van der Waals surface area (Å²) in [6.07, 6.45) is -21.0. The quantitative estimate of drug-likeness (QED) is 0.187. The van der Waals surface area contributed by atoms with E-state index in [9.17, 15) is 46.0 Å². The van der Waals surface area contributed by atoms with Crippen molar-refractivity contribution < 1.29 is 69.6 Å². The minimum absolute atomic E-state index is 0.364. The van der Waals surface area contributed by atoms with Crippen LogP contribution >= 0.6 is 0 Å². The fourth-order valence-electron chi connectivity index (χ4n) is 3.59. The molecule has 14 nitrogen and oxygen atoms in total. The van der Waals surface area contributed by atoms with Gasteiger partial charge in [-0.3, -0.25) is 0 Å². The summed E-state index contributed by atoms with van der Waals surface area (Å²) < 4.78 is 26.6. The van der Waals surface area contributed by atoms with E-state index >= 15 is 0 Å². The lowest BCUT2D eigenvalue weighted by molar-refractivity contribution is -0.360. The Morgan fingerprint density at radius 3 is 2.06 bits per heavy atom. The highest BCUT2D eigenvalue weighted by Gasteiger charge is 2.49. The molecule has 0 radical (unpaired) electrons. The smallest absolute Gasteiger partial charge is 0.187 e. The Morgan fingerprint density at radius 2 is 1.39 bits per heavy atom. The van der Waals surface area contributed by atoms with Crippen LogP contribution < -0.4 is 0 Å². The van der Waals surface area contributed by atoms with E-state index in [0.29, 0.717) is 0 Å². The average molecular weight is 458 g/mol. The van der Waals surface area contributed by atoms with Gasteiger partial charge in [0.25, 0.3) is 0 Å². The summed E-state index contributed by atoms with van der Waals surface area (Å²) in [6.45, 7) is 0.594. The molecule has 0 saturated carbocycles. The van der Waals surface area contributed by atoms with Crippen molar-refractivity contribution in [2.75, 3.05) is 13.2 Å². The molecule has 0 aromatic carbocycles. The zero-order chi connectivity index (χ0) is 23.0. The van der Waals surface area contributed by atoms with E-state index in [4.69, 9.17) is 23.7 Å². The molecule has 0 unspecified atom stereocenters. The number of ether oxygens (including phenoxy) is 5. The lowest BCUT2D eigenvalue weighted by atomic mass is 9.98. The zero-order valence-electron chi connectivity index (χ0n) is 16.6. The van der Waals surface area contributed by atoms with Crippen LogP contribution in [0.2, 0.25) is 0 Å². The van der Waals surface area contributed by atoms with Crippen LogP contribution in [0.25, 0.3) is 0 Å². The van der Waals surface area contributed by atoms with Gasteiger partial charge in [-0.15, -0.1) is 0 Å². The molecule has 3 fully saturated rings. The largest absolute Gasteiger partial charge is 0.388 e. The first-order chi connectivity index (χ1) is 14.5. The third-order valence-electron chi connectivity index (χ3n) is 5.64. The molecule has 3 saturated heterocycles. The highest BCUT2D eigenvalue weighted by atomic mass is 16.8. The molecule has 14 atom stereocenters. The summed E-state index contributed by atoms with van der Waals surface area (Å²) in [6, 6.07) is 0. The Hall–Kier alpha value is -0.560. The summed E-state index contributed by atoms with van der Waals surface area (Å²) in [5.41, 5.74) is 0. The van der Waals surface area contributed by atoms with Crippen LogP contribution in [0, 0.1) is 0 Å². The van der Waals surface area contributed by atoms with E-state index in [-0.39, 0.29) is 6.61 Å². The molecule has 0 aliphatic carbocycles. The Balaban J connectivity index is 1.68. The lowest BCUT2D eigenvalue weighted by Crippen LogP contribution is -2.63. The topological polar surface area (TPSA) is 228 Å². The molecule has 31 heavy (non-hydrogen) atoms. The molecule has 3 heterocycles. The second-order valence-electron chi connectivity index (χ2n) is 7.91. The van der Waals surface area contributed by atoms with Gasteiger partial charge in [-0.1, -0.05) is 0 Å². The number of hydrogen-bond acceptors (Lipinski definition) is 14. The van der Waals surface area contributed by atoms with E-state index in [1.54, 1.807) is 0 Å². The normalized spacial score (nSPS) is 54.0. The number of aliphatic hydroxyl groups excluding tert-OH is 9. The molecule has 14 heteroatoms. The number of aliphatic hydroxyl groups is 9. The van der Waals surface area contributed by atoms with Gasteiger partial charge in [0.15, 0.2) is 18.9 Å². The first-order valence-electron chi connectivity index (χ1n) is 9.85. The van der Waals surface area contributed by atoms with Gasteiger partial charge in [-0.2, -0.15) is 0 Å². The highest BCUT2D eigenvalue weighted by molar-refractivity contribution is 4.92. The maximum absolute atomic E-state index is 10.4. The molecule has 3 aliphatic rings. The van der Waals surface area contributed by atoms with Gasteiger partial charge < -0.3 is 69.6 Å². The molecule has 9 N–H and O–H groups in total. The summed E-state index contributed by atoms with van der Waals surface area (Å²) in [7, 11) is 0. The monoisotopic (exact) mass is 458 g/mol. The van der Waals surface area contributed by atoms with E-state index < -0.39 is 92.6 Å². The average Bonchev–Trinajstić information content (AvgIpc) is 2.74. The van der Waals surface area contributed by atoms with Gasteiger partial charge in [0.05, 0.1) is 19.3 Å². The van der Waals surface area contributed by atoms with Crippen molar-refractivity contribution >= 4 is 0 Å². The third-order valence-corrected chi connectivity index (χ3v) is 5.64. The van der Waals surface area contributed by atoms with E-state index in [2.05, 4.69) is 0 Å². The van der Waals surface area contributed by atoms with Crippen LogP contribution in [0.1, 0.15) is 6.92 Å². The maximum atomic E-state index is 10.4. The molecule has 0 aromatic rings. The van der Waals surface area contributed by atoms with Crippen molar-refractivity contribution in [3.63, 3.8) is 0 Å². The van der Waals surface area contributed by atoms with Crippen LogP contribution in [-0.4, -0.2) is 145 Å². The lowest BCUT2D eigenvalue weighted by Gasteiger charge is -2.45. The third kappa shape index (κ3) is 5.18. The van der Waals surface area contributed by atoms with Crippen molar-refractivity contribution in [2.24, 2.45) is 0 Å². The van der Waals surface area contributed by atoms with Crippen molar-refractivity contribution in [1.82, 2.24) is 0 Å². The van der Waals surface area contributed by atoms with Crippen molar-refractivity contribution in [3.05, 3.63) is 0 Å². The standard InChI is InChI=1S/C17H30O14/c1-4-7(19)11(23)14(31-16-13(25)8(20)5(18)2-27-16)17(29-4)28-3-6-9(21)10(22)12(24)15(26)30-6/h4-26H,2-3H2,1H3/t4-,5-,6-,7+,8+,9-,10+,11+,12-,13-,14-,15-,16+,17-/m1/s1. The second kappa shape index (κ2) is 10.1. The van der Waals surface area contributed by atoms with Crippen LogP contribution in [0.4, 0.5) is 0 Å². The summed E-state index contributed by atoms with van der Waals surface area (Å²) in [5, 5.41) is 88.9. The van der Waals surface area contributed by atoms with Gasteiger partial charge >= 0.3 is 0 Å². The molecule has 0 aromatic heterocycles. The van der Waals surface area contributed by atoms with E-state index in [0.717, 1.165) is 0 Å². The van der Waals surface area contributed by atoms with Gasteiger partial charge in [0, 0.05) is 0 Å². The summed E-state index contributed by atoms with van der Waals surface area (Å²) in [5.74, 6) is 0. The molecule has 3 aliphatic heterocycles. The fourth-order valence-corrected chi connectivity index (χ4v) is 3.59. The Kier molecular flexibility index (Phi) is 8.21. The van der Waals surface area contributed by atoms with Gasteiger partial charge in [-0.05, 0) is 6.92 Å². The minimum atomic E-state index is -1.78. The SMILES string of the molecule is C[C@H]1O[C@@H](OC[C@H]2O[C@@H](O)[C@H](O)[C@@H](O)[C@@H]2O)[C@H](O[C@@H]2OC[C@@H](O)[C@H](O)[C@H]2O)[C@@H](O)[C@H]1O. The predicted octanol–water partition coefficient (Wildman–Crippen LogP) is -5.91. The van der Waals surface area contributed by atoms with Gasteiger partial charge in [0.1, 0.15) is 61.0 Å². The number of hydrogen-bond donors (Lipinski definition) is 9.